The summed E-state index contributed by atoms with van der Waals surface area (Å²) in [5, 5.41) is 2.63. The molecule has 1 aliphatic heterocycles. The summed E-state index contributed by atoms with van der Waals surface area (Å²) in [6.07, 6.45) is 0.671. The lowest BCUT2D eigenvalue weighted by molar-refractivity contribution is 0.142. The van der Waals surface area contributed by atoms with E-state index in [4.69, 9.17) is 4.74 Å². The topological polar surface area (TPSA) is 75.7 Å². The maximum atomic E-state index is 13.8. The van der Waals surface area contributed by atoms with Gasteiger partial charge < -0.3 is 10.1 Å². The van der Waals surface area contributed by atoms with E-state index in [0.717, 1.165) is 6.07 Å². The van der Waals surface area contributed by atoms with E-state index >= 15 is 0 Å². The van der Waals surface area contributed by atoms with E-state index in [1.165, 1.54) is 22.5 Å². The fourth-order valence-corrected chi connectivity index (χ4v) is 4.00. The van der Waals surface area contributed by atoms with Gasteiger partial charge in [0, 0.05) is 19.1 Å². The van der Waals surface area contributed by atoms with Crippen LogP contribution in [0.3, 0.4) is 0 Å². The van der Waals surface area contributed by atoms with Crippen molar-refractivity contribution in [3.63, 3.8) is 0 Å². The number of halogens is 1. The van der Waals surface area contributed by atoms with Crippen molar-refractivity contribution in [3.05, 3.63) is 30.1 Å². The third-order valence-electron chi connectivity index (χ3n) is 3.44. The van der Waals surface area contributed by atoms with Crippen LogP contribution in [0.1, 0.15) is 19.8 Å². The summed E-state index contributed by atoms with van der Waals surface area (Å²) in [5.74, 6) is -0.775. The summed E-state index contributed by atoms with van der Waals surface area (Å²) in [5.41, 5.74) is 0. The van der Waals surface area contributed by atoms with E-state index < -0.39 is 21.9 Å². The average Bonchev–Trinajstić information content (AvgIpc) is 2.48. The molecule has 6 nitrogen and oxygen atoms in total. The maximum Gasteiger partial charge on any atom is 0.407 e. The van der Waals surface area contributed by atoms with Gasteiger partial charge in [0.1, 0.15) is 10.7 Å². The smallest absolute Gasteiger partial charge is 0.407 e. The number of rotatable bonds is 4. The first-order valence-corrected chi connectivity index (χ1v) is 8.57. The Morgan fingerprint density at radius 3 is 2.86 bits per heavy atom. The molecular formula is C14H19FN2O4S. The molecule has 0 radical (unpaired) electrons. The van der Waals surface area contributed by atoms with Gasteiger partial charge >= 0.3 is 6.09 Å². The van der Waals surface area contributed by atoms with Crippen LogP contribution in [0, 0.1) is 5.82 Å². The second-order valence-electron chi connectivity index (χ2n) is 5.00. The molecule has 0 aliphatic carbocycles. The first-order chi connectivity index (χ1) is 10.4. The molecule has 1 atom stereocenters. The van der Waals surface area contributed by atoms with Gasteiger partial charge in [-0.3, -0.25) is 0 Å². The van der Waals surface area contributed by atoms with Gasteiger partial charge in [0.2, 0.25) is 10.0 Å². The fraction of sp³-hybridized carbons (Fsp3) is 0.500. The van der Waals surface area contributed by atoms with Crippen LogP contribution in [0.2, 0.25) is 0 Å². The lowest BCUT2D eigenvalue weighted by Gasteiger charge is -2.32. The van der Waals surface area contributed by atoms with Crippen LogP contribution >= 0.6 is 0 Å². The van der Waals surface area contributed by atoms with Crippen LogP contribution in [-0.4, -0.2) is 44.6 Å². The Morgan fingerprint density at radius 2 is 2.18 bits per heavy atom. The number of nitrogens with one attached hydrogen (secondary N) is 1. The Balaban J connectivity index is 2.12. The molecule has 1 heterocycles. The fourth-order valence-electron chi connectivity index (χ4n) is 2.41. The van der Waals surface area contributed by atoms with E-state index in [9.17, 15) is 17.6 Å². The molecule has 1 aliphatic rings. The van der Waals surface area contributed by atoms with Crippen molar-refractivity contribution < 1.29 is 22.3 Å². The second-order valence-corrected chi connectivity index (χ2v) is 6.90. The van der Waals surface area contributed by atoms with Crippen LogP contribution < -0.4 is 5.32 Å². The molecule has 1 aromatic carbocycles. The molecule has 8 heteroatoms. The normalized spacial score (nSPS) is 19.6. The predicted molar refractivity (Wildman–Crippen MR) is 78.3 cm³/mol. The Hall–Kier alpha value is -1.67. The number of carbonyl (C=O) groups excluding carboxylic acids is 1. The molecule has 1 amide bonds. The van der Waals surface area contributed by atoms with Crippen molar-refractivity contribution in [3.8, 4) is 0 Å². The monoisotopic (exact) mass is 330 g/mol. The van der Waals surface area contributed by atoms with Crippen molar-refractivity contribution in [2.45, 2.75) is 30.7 Å². The van der Waals surface area contributed by atoms with Crippen molar-refractivity contribution in [1.82, 2.24) is 9.62 Å². The summed E-state index contributed by atoms with van der Waals surface area (Å²) in [4.78, 5) is 11.1. The number of ether oxygens (including phenoxy) is 1. The van der Waals surface area contributed by atoms with Gasteiger partial charge in [0.05, 0.1) is 6.61 Å². The molecule has 1 N–H and O–H groups in total. The molecule has 122 valence electrons. The van der Waals surface area contributed by atoms with E-state index in [1.807, 2.05) is 0 Å². The second kappa shape index (κ2) is 7.06. The molecular weight excluding hydrogens is 311 g/mol. The highest BCUT2D eigenvalue weighted by Gasteiger charge is 2.32. The third kappa shape index (κ3) is 3.75. The Bertz CT molecular complexity index is 635. The van der Waals surface area contributed by atoms with Crippen molar-refractivity contribution in [1.29, 1.82) is 0 Å². The number of hydrogen-bond donors (Lipinski definition) is 1. The largest absolute Gasteiger partial charge is 0.450 e. The number of sulfonamides is 1. The van der Waals surface area contributed by atoms with E-state index in [2.05, 4.69) is 5.32 Å². The predicted octanol–water partition coefficient (Wildman–Crippen LogP) is 1.72. The van der Waals surface area contributed by atoms with Gasteiger partial charge in [0.15, 0.2) is 0 Å². The quantitative estimate of drug-likeness (QED) is 0.912. The van der Waals surface area contributed by atoms with Gasteiger partial charge in [-0.15, -0.1) is 0 Å². The molecule has 22 heavy (non-hydrogen) atoms. The van der Waals surface area contributed by atoms with Crippen molar-refractivity contribution in [2.75, 3.05) is 19.7 Å². The van der Waals surface area contributed by atoms with Crippen LogP contribution in [0.4, 0.5) is 9.18 Å². The molecule has 0 bridgehead atoms. The summed E-state index contributed by atoms with van der Waals surface area (Å²) >= 11 is 0. The zero-order valence-corrected chi connectivity index (χ0v) is 13.1. The van der Waals surface area contributed by atoms with Crippen molar-refractivity contribution >= 4 is 16.1 Å². The third-order valence-corrected chi connectivity index (χ3v) is 5.33. The number of carbonyl (C=O) groups is 1. The van der Waals surface area contributed by atoms with Gasteiger partial charge in [0.25, 0.3) is 0 Å². The molecule has 1 saturated heterocycles. The highest BCUT2D eigenvalue weighted by Crippen LogP contribution is 2.22. The highest BCUT2D eigenvalue weighted by molar-refractivity contribution is 7.89. The lowest BCUT2D eigenvalue weighted by Crippen LogP contribution is -2.49. The van der Waals surface area contributed by atoms with E-state index in [1.54, 1.807) is 6.92 Å². The molecule has 0 spiro atoms. The minimum absolute atomic E-state index is 0.107. The van der Waals surface area contributed by atoms with Crippen LogP contribution in [-0.2, 0) is 14.8 Å². The van der Waals surface area contributed by atoms with Gasteiger partial charge in [-0.1, -0.05) is 12.1 Å². The summed E-state index contributed by atoms with van der Waals surface area (Å²) < 4.78 is 44.8. The molecule has 1 fully saturated rings. The average molecular weight is 330 g/mol. The number of piperidine rings is 1. The van der Waals surface area contributed by atoms with Gasteiger partial charge in [-0.25, -0.2) is 17.6 Å². The standard InChI is InChI=1S/C14H19FN2O4S/c1-2-21-14(18)16-11-6-5-9-17(10-11)22(19,20)13-8-4-3-7-12(13)15/h3-4,7-8,11H,2,5-6,9-10H2,1H3,(H,16,18)/t11-/m1/s1. The summed E-state index contributed by atoms with van der Waals surface area (Å²) in [7, 11) is -3.91. The first kappa shape index (κ1) is 16.7. The first-order valence-electron chi connectivity index (χ1n) is 7.13. The van der Waals surface area contributed by atoms with Gasteiger partial charge in [-0.2, -0.15) is 4.31 Å². The Labute approximate surface area is 129 Å². The summed E-state index contributed by atoms with van der Waals surface area (Å²) in [6, 6.07) is 4.94. The molecule has 0 unspecified atom stereocenters. The Kier molecular flexibility index (Phi) is 5.36. The zero-order valence-electron chi connectivity index (χ0n) is 12.3. The van der Waals surface area contributed by atoms with Crippen LogP contribution in [0.5, 0.6) is 0 Å². The number of amides is 1. The number of benzene rings is 1. The Morgan fingerprint density at radius 1 is 1.45 bits per heavy atom. The minimum Gasteiger partial charge on any atom is -0.450 e. The maximum absolute atomic E-state index is 13.8. The minimum atomic E-state index is -3.91. The summed E-state index contributed by atoms with van der Waals surface area (Å²) in [6.45, 7) is 2.35. The van der Waals surface area contributed by atoms with Crippen LogP contribution in [0.15, 0.2) is 29.2 Å². The van der Waals surface area contributed by atoms with E-state index in [-0.39, 0.29) is 24.1 Å². The van der Waals surface area contributed by atoms with E-state index in [0.29, 0.717) is 19.4 Å². The van der Waals surface area contributed by atoms with Crippen LogP contribution in [0.25, 0.3) is 0 Å². The van der Waals surface area contributed by atoms with Crippen molar-refractivity contribution in [2.24, 2.45) is 0 Å². The molecule has 0 aromatic heterocycles. The number of hydrogen-bond acceptors (Lipinski definition) is 4. The lowest BCUT2D eigenvalue weighted by atomic mass is 10.1. The SMILES string of the molecule is CCOC(=O)N[C@@H]1CCCN(S(=O)(=O)c2ccccc2F)C1. The number of alkyl carbamates (subject to hydrolysis) is 1. The molecule has 0 saturated carbocycles. The van der Waals surface area contributed by atoms with Gasteiger partial charge in [-0.05, 0) is 31.9 Å². The zero-order chi connectivity index (χ0) is 16.2. The number of nitrogens with zero attached hydrogens (tertiary/aromatic N) is 1. The molecule has 2 rings (SSSR count). The molecule has 1 aromatic rings. The highest BCUT2D eigenvalue weighted by atomic mass is 32.2.